The summed E-state index contributed by atoms with van der Waals surface area (Å²) in [5.74, 6) is 0. The summed E-state index contributed by atoms with van der Waals surface area (Å²) in [5.41, 5.74) is 4.91. The number of nitrogens with two attached hydrogens (primary N) is 1. The monoisotopic (exact) mass is 174 g/mol. The first-order valence-electron chi connectivity index (χ1n) is 1.25. The highest BCUT2D eigenvalue weighted by Gasteiger charge is 2.51. The first-order chi connectivity index (χ1) is 2.21. The zero-order valence-corrected chi connectivity index (χ0v) is 5.60. The Morgan fingerprint density at radius 1 is 1.83 bits per heavy atom. The largest absolute Gasteiger partial charge is 0.376 e. The molecular weight excluding hydrogens is 169 g/mol. The zero-order valence-electron chi connectivity index (χ0n) is 3.00. The molecule has 1 saturated heterocycles. The van der Waals surface area contributed by atoms with Crippen LogP contribution in [0.4, 0.5) is 0 Å². The van der Waals surface area contributed by atoms with Crippen LogP contribution in [-0.4, -0.2) is 11.2 Å². The molecule has 0 bridgehead atoms. The first kappa shape index (κ1) is 6.79. The van der Waals surface area contributed by atoms with Crippen molar-refractivity contribution in [1.82, 2.24) is 0 Å². The topological polar surface area (TPSA) is 58.8 Å². The van der Waals surface area contributed by atoms with Crippen LogP contribution in [0.3, 0.4) is 0 Å². The van der Waals surface area contributed by atoms with Gasteiger partial charge < -0.3 is 0 Å². The van der Waals surface area contributed by atoms with Gasteiger partial charge in [-0.1, -0.05) is 0 Å². The average Bonchev–Trinajstić information content (AvgIpc) is 1.76. The van der Waals surface area contributed by atoms with E-state index in [2.05, 4.69) is 4.52 Å². The summed E-state index contributed by atoms with van der Waals surface area (Å²) >= 11 is 0. The van der Waals surface area contributed by atoms with Crippen LogP contribution in [0.15, 0.2) is 0 Å². The van der Waals surface area contributed by atoms with Gasteiger partial charge in [0.1, 0.15) is 0 Å². The lowest BCUT2D eigenvalue weighted by Gasteiger charge is -1.69. The predicted octanol–water partition coefficient (Wildman–Crippen LogP) is 0.266. The highest BCUT2D eigenvalue weighted by Crippen LogP contribution is 2.62. The van der Waals surface area contributed by atoms with Gasteiger partial charge in [0.25, 0.3) is 6.35 Å². The molecule has 3 N–H and O–H groups in total. The molecule has 0 aromatic carbocycles. The molecule has 0 aliphatic carbocycles. The van der Waals surface area contributed by atoms with Crippen molar-refractivity contribution in [2.24, 2.45) is 5.50 Å². The molecule has 0 saturated carbocycles. The molecule has 3 nitrogen and oxygen atoms in total. The van der Waals surface area contributed by atoms with Crippen molar-refractivity contribution in [3.05, 3.63) is 0 Å². The van der Waals surface area contributed by atoms with Gasteiger partial charge in [-0.15, -0.1) is 21.5 Å². The van der Waals surface area contributed by atoms with Gasteiger partial charge >= 0.3 is 7.87 Å². The summed E-state index contributed by atoms with van der Waals surface area (Å²) in [6.07, 6.45) is 0.396. The molecule has 0 aromatic rings. The van der Waals surface area contributed by atoms with Crippen LogP contribution in [0.2, 0.25) is 0 Å². The van der Waals surface area contributed by atoms with E-state index >= 15 is 0 Å². The van der Waals surface area contributed by atoms with Crippen molar-refractivity contribution >= 4 is 24.8 Å². The van der Waals surface area contributed by atoms with Crippen LogP contribution in [0.1, 0.15) is 0 Å². The van der Waals surface area contributed by atoms with Crippen LogP contribution in [0.5, 0.6) is 0 Å². The number of hydrogen-bond acceptors (Lipinski definition) is 3. The molecule has 38 valence electrons. The van der Waals surface area contributed by atoms with Gasteiger partial charge in [0.05, 0.1) is 0 Å². The lowest BCUT2D eigenvalue weighted by Crippen LogP contribution is -1.81. The third-order valence-electron chi connectivity index (χ3n) is 0.394. The molecule has 5 heteroatoms. The van der Waals surface area contributed by atoms with E-state index in [1.165, 1.54) is 0 Å². The fraction of sp³-hybridized carbons (Fsp3) is 1.00. The fourth-order valence-corrected chi connectivity index (χ4v) is 0.532. The summed E-state index contributed by atoms with van der Waals surface area (Å²) in [6, 6.07) is 0. The Hall–Kier alpha value is 0.790. The van der Waals surface area contributed by atoms with Crippen LogP contribution >= 0.6 is 24.8 Å². The third kappa shape index (κ3) is 2.05. The minimum atomic E-state index is -2.14. The molecule has 0 spiro atoms. The van der Waals surface area contributed by atoms with Crippen molar-refractivity contribution in [3.8, 4) is 0 Å². The number of halogens is 1. The summed E-state index contributed by atoms with van der Waals surface area (Å²) in [6.45, 7) is 0. The average molecular weight is 175 g/mol. The molecule has 1 atom stereocenters. The Morgan fingerprint density at radius 3 is 2.00 bits per heavy atom. The highest BCUT2D eigenvalue weighted by molar-refractivity contribution is 8.93. The third-order valence-corrected chi connectivity index (χ3v) is 1.18. The molecule has 0 amide bonds. The maximum absolute atomic E-state index is 8.30. The van der Waals surface area contributed by atoms with Gasteiger partial charge in [-0.05, 0) is 0 Å². The van der Waals surface area contributed by atoms with E-state index in [4.69, 9.17) is 10.4 Å². The lowest BCUT2D eigenvalue weighted by molar-refractivity contribution is 0.505. The van der Waals surface area contributed by atoms with E-state index in [9.17, 15) is 0 Å². The van der Waals surface area contributed by atoms with Gasteiger partial charge in [0.15, 0.2) is 0 Å². The number of hydrogen-bond donors (Lipinski definition) is 2. The van der Waals surface area contributed by atoms with Crippen molar-refractivity contribution in [2.45, 2.75) is 0 Å². The van der Waals surface area contributed by atoms with Crippen LogP contribution in [-0.2, 0) is 4.52 Å². The Kier molecular flexibility index (Phi) is 1.95. The van der Waals surface area contributed by atoms with Crippen molar-refractivity contribution < 1.29 is 9.42 Å². The van der Waals surface area contributed by atoms with Crippen molar-refractivity contribution in [2.75, 3.05) is 6.35 Å². The summed E-state index contributed by atoms with van der Waals surface area (Å²) in [5, 5.41) is 0. The fourth-order valence-electron chi connectivity index (χ4n) is 0.0592. The highest BCUT2D eigenvalue weighted by atomic mass is 79.9. The number of rotatable bonds is 0. The molecule has 1 aliphatic heterocycles. The van der Waals surface area contributed by atoms with Crippen LogP contribution in [0, 0.1) is 0 Å². The maximum atomic E-state index is 8.30. The van der Waals surface area contributed by atoms with Gasteiger partial charge in [0, 0.05) is 0 Å². The summed E-state index contributed by atoms with van der Waals surface area (Å²) in [7, 11) is -2.14. The van der Waals surface area contributed by atoms with E-state index in [1.54, 1.807) is 0 Å². The first-order valence-corrected chi connectivity index (χ1v) is 3.16. The molecular formula is CH6BrNO2P+. The van der Waals surface area contributed by atoms with Gasteiger partial charge in [-0.25, -0.2) is 0 Å². The van der Waals surface area contributed by atoms with Crippen molar-refractivity contribution in [3.63, 3.8) is 0 Å². The van der Waals surface area contributed by atoms with Gasteiger partial charge in [-0.2, -0.15) is 10.4 Å². The standard InChI is InChI=1S/CH5NO2P.BrH/c2-5(3)1-4-5;/h3H,1-2H2;1H/q+1;. The van der Waals surface area contributed by atoms with E-state index in [-0.39, 0.29) is 17.0 Å². The molecule has 1 unspecified atom stereocenters. The Morgan fingerprint density at radius 2 is 2.00 bits per heavy atom. The van der Waals surface area contributed by atoms with Gasteiger partial charge in [0.2, 0.25) is 0 Å². The molecule has 1 heterocycles. The molecule has 0 aromatic heterocycles. The van der Waals surface area contributed by atoms with Crippen molar-refractivity contribution in [1.29, 1.82) is 0 Å². The molecule has 6 heavy (non-hydrogen) atoms. The van der Waals surface area contributed by atoms with E-state index in [0.29, 0.717) is 6.35 Å². The minimum Gasteiger partial charge on any atom is -0.200 e. The van der Waals surface area contributed by atoms with E-state index < -0.39 is 7.87 Å². The quantitative estimate of drug-likeness (QED) is 0.410. The van der Waals surface area contributed by atoms with Crippen LogP contribution < -0.4 is 5.50 Å². The molecule has 1 aliphatic rings. The van der Waals surface area contributed by atoms with Crippen LogP contribution in [0.25, 0.3) is 0 Å². The normalized spacial score (nSPS) is 41.0. The van der Waals surface area contributed by atoms with E-state index in [0.717, 1.165) is 0 Å². The Bertz CT molecular complexity index is 51.5. The molecule has 0 radical (unpaired) electrons. The SMILES string of the molecule is Br.N[P+]1(O)CO1. The summed E-state index contributed by atoms with van der Waals surface area (Å²) < 4.78 is 4.34. The maximum Gasteiger partial charge on any atom is 0.376 e. The smallest absolute Gasteiger partial charge is 0.200 e. The second-order valence-corrected chi connectivity index (χ2v) is 3.04. The predicted molar refractivity (Wildman–Crippen MR) is 29.6 cm³/mol. The minimum absolute atomic E-state index is 0. The zero-order chi connectivity index (χ0) is 3.91. The Labute approximate surface area is 46.8 Å². The lowest BCUT2D eigenvalue weighted by atomic mass is 11.7. The molecule has 1 rings (SSSR count). The van der Waals surface area contributed by atoms with Gasteiger partial charge in [-0.3, -0.25) is 0 Å². The molecule has 1 fully saturated rings. The second kappa shape index (κ2) is 1.72. The summed E-state index contributed by atoms with van der Waals surface area (Å²) in [4.78, 5) is 8.30. The second-order valence-electron chi connectivity index (χ2n) is 1.01. The van der Waals surface area contributed by atoms with E-state index in [1.807, 2.05) is 0 Å². The Balaban J connectivity index is 0.000000250.